The average molecular weight is 601 g/mol. The molecule has 3 fully saturated rings. The molecule has 1 aromatic carbocycles. The topological polar surface area (TPSA) is 96.4 Å². The van der Waals surface area contributed by atoms with Gasteiger partial charge in [-0.15, -0.1) is 13.2 Å². The van der Waals surface area contributed by atoms with Gasteiger partial charge in [-0.05, 0) is 56.6 Å². The number of esters is 1. The number of hydrogen-bond donors (Lipinski definition) is 1. The molecule has 0 saturated carbocycles. The molecule has 3 unspecified atom stereocenters. The summed E-state index contributed by atoms with van der Waals surface area (Å²) in [5.74, 6) is -3.27. The first-order valence-corrected chi connectivity index (χ1v) is 15.4. The van der Waals surface area contributed by atoms with Gasteiger partial charge in [0.25, 0.3) is 5.91 Å². The maximum absolute atomic E-state index is 14.9. The molecule has 9 heteroatoms. The summed E-state index contributed by atoms with van der Waals surface area (Å²) in [5, 5.41) is 11.0. The third-order valence-corrected chi connectivity index (χ3v) is 10.2. The van der Waals surface area contributed by atoms with Crippen molar-refractivity contribution in [2.45, 2.75) is 83.6 Å². The molecular weight excluding hydrogens is 556 g/mol. The number of allylic oxidation sites excluding steroid dienone is 1. The summed E-state index contributed by atoms with van der Waals surface area (Å²) >= 11 is 6.66. The number of benzene rings is 1. The number of aliphatic hydroxyl groups excluding tert-OH is 1. The Morgan fingerprint density at radius 1 is 1.33 bits per heavy atom. The zero-order valence-corrected chi connectivity index (χ0v) is 26.2. The van der Waals surface area contributed by atoms with Crippen LogP contribution in [0.5, 0.6) is 0 Å². The smallest absolute Gasteiger partial charge is 0.312 e. The molecule has 0 aromatic heterocycles. The van der Waals surface area contributed by atoms with Crippen molar-refractivity contribution in [3.63, 3.8) is 0 Å². The van der Waals surface area contributed by atoms with Crippen molar-refractivity contribution in [3.05, 3.63) is 54.1 Å². The average Bonchev–Trinajstić information content (AvgIpc) is 3.47. The first kappa shape index (κ1) is 32.2. The minimum Gasteiger partial charge on any atom is -0.465 e. The Balaban J connectivity index is 1.87. The van der Waals surface area contributed by atoms with Crippen molar-refractivity contribution in [2.24, 2.45) is 23.7 Å². The minimum atomic E-state index is -1.28. The zero-order chi connectivity index (χ0) is 31.0. The molecule has 3 aliphatic heterocycles. The van der Waals surface area contributed by atoms with Gasteiger partial charge in [-0.25, -0.2) is 0 Å². The number of carbonyl (C=O) groups is 3. The Labute approximate surface area is 254 Å². The lowest BCUT2D eigenvalue weighted by molar-refractivity contribution is -0.163. The van der Waals surface area contributed by atoms with Crippen LogP contribution in [0.25, 0.3) is 0 Å². The Bertz CT molecular complexity index is 1220. The van der Waals surface area contributed by atoms with Crippen LogP contribution in [-0.2, 0) is 23.9 Å². The number of ether oxygens (including phenoxy) is 2. The first-order chi connectivity index (χ1) is 19.9. The highest BCUT2D eigenvalue weighted by Crippen LogP contribution is 2.66. The van der Waals surface area contributed by atoms with Crippen LogP contribution in [0, 0.1) is 30.6 Å². The van der Waals surface area contributed by atoms with Crippen molar-refractivity contribution in [3.8, 4) is 0 Å². The van der Waals surface area contributed by atoms with Gasteiger partial charge in [0.1, 0.15) is 17.6 Å². The van der Waals surface area contributed by atoms with Gasteiger partial charge < -0.3 is 24.4 Å². The highest BCUT2D eigenvalue weighted by molar-refractivity contribution is 6.34. The number of hydrogen-bond acceptors (Lipinski definition) is 6. The van der Waals surface area contributed by atoms with E-state index < -0.39 is 41.1 Å². The van der Waals surface area contributed by atoms with Crippen molar-refractivity contribution in [1.82, 2.24) is 4.90 Å². The molecule has 8 atom stereocenters. The number of halogens is 1. The Morgan fingerprint density at radius 3 is 2.64 bits per heavy atom. The van der Waals surface area contributed by atoms with Gasteiger partial charge in [0.05, 0.1) is 41.5 Å². The number of aryl methyl sites for hydroxylation is 1. The predicted octanol–water partition coefficient (Wildman–Crippen LogP) is 5.09. The number of likely N-dealkylation sites (tertiary alicyclic amines) is 1. The molecule has 3 aliphatic rings. The molecular formula is C33H45ClN2O6. The number of rotatable bonds is 13. The zero-order valence-electron chi connectivity index (χ0n) is 25.5. The van der Waals surface area contributed by atoms with E-state index in [1.165, 1.54) is 4.90 Å². The fourth-order valence-corrected chi connectivity index (χ4v) is 7.83. The molecule has 0 aliphatic carbocycles. The molecule has 1 N–H and O–H groups in total. The normalized spacial score (nSPS) is 31.0. The first-order valence-electron chi connectivity index (χ1n) is 15.0. The van der Waals surface area contributed by atoms with Gasteiger partial charge in [0.2, 0.25) is 5.91 Å². The second-order valence-corrected chi connectivity index (χ2v) is 12.7. The monoisotopic (exact) mass is 600 g/mol. The molecule has 3 heterocycles. The van der Waals surface area contributed by atoms with Gasteiger partial charge in [0, 0.05) is 6.54 Å². The Hall–Kier alpha value is -2.68. The number of anilines is 1. The maximum Gasteiger partial charge on any atom is 0.312 e. The largest absolute Gasteiger partial charge is 0.465 e. The van der Waals surface area contributed by atoms with Gasteiger partial charge in [-0.3, -0.25) is 14.4 Å². The number of para-hydroxylation sites is 1. The molecule has 2 bridgehead atoms. The highest BCUT2D eigenvalue weighted by Gasteiger charge is 2.81. The second-order valence-electron chi connectivity index (χ2n) is 12.3. The Kier molecular flexibility index (Phi) is 9.60. The molecule has 42 heavy (non-hydrogen) atoms. The Morgan fingerprint density at radius 2 is 2.05 bits per heavy atom. The molecule has 3 saturated heterocycles. The maximum atomic E-state index is 14.9. The number of fused-ring (bicyclic) bond motifs is 1. The lowest BCUT2D eigenvalue weighted by Crippen LogP contribution is -2.60. The summed E-state index contributed by atoms with van der Waals surface area (Å²) in [6, 6.07) is 3.68. The van der Waals surface area contributed by atoms with Crippen LogP contribution < -0.4 is 4.90 Å². The van der Waals surface area contributed by atoms with Crippen LogP contribution in [0.2, 0.25) is 5.02 Å². The summed E-state index contributed by atoms with van der Waals surface area (Å²) in [4.78, 5) is 46.3. The van der Waals surface area contributed by atoms with Crippen LogP contribution in [0.1, 0.15) is 58.9 Å². The minimum absolute atomic E-state index is 0.117. The third kappa shape index (κ3) is 4.99. The van der Waals surface area contributed by atoms with Crippen molar-refractivity contribution >= 4 is 35.1 Å². The van der Waals surface area contributed by atoms with E-state index in [1.807, 2.05) is 46.8 Å². The summed E-state index contributed by atoms with van der Waals surface area (Å²) < 4.78 is 12.6. The van der Waals surface area contributed by atoms with E-state index >= 15 is 0 Å². The number of nitrogens with zero attached hydrogens (tertiary/aromatic N) is 2. The van der Waals surface area contributed by atoms with Gasteiger partial charge in [-0.2, -0.15) is 0 Å². The fourth-order valence-electron chi connectivity index (χ4n) is 7.51. The summed E-state index contributed by atoms with van der Waals surface area (Å²) in [7, 11) is 0. The summed E-state index contributed by atoms with van der Waals surface area (Å²) in [5.41, 5.74) is -0.941. The molecule has 2 amide bonds. The van der Waals surface area contributed by atoms with E-state index in [2.05, 4.69) is 13.2 Å². The molecule has 1 aromatic rings. The van der Waals surface area contributed by atoms with Gasteiger partial charge in [0.15, 0.2) is 0 Å². The van der Waals surface area contributed by atoms with E-state index in [4.69, 9.17) is 21.1 Å². The van der Waals surface area contributed by atoms with E-state index in [-0.39, 0.29) is 43.4 Å². The van der Waals surface area contributed by atoms with Gasteiger partial charge in [-0.1, -0.05) is 63.1 Å². The van der Waals surface area contributed by atoms with Crippen molar-refractivity contribution in [2.75, 3.05) is 24.7 Å². The van der Waals surface area contributed by atoms with Crippen LogP contribution >= 0.6 is 11.6 Å². The lowest BCUT2D eigenvalue weighted by Gasteiger charge is -2.41. The quantitative estimate of drug-likeness (QED) is 0.192. The van der Waals surface area contributed by atoms with Crippen LogP contribution in [0.4, 0.5) is 5.69 Å². The fraction of sp³-hybridized carbons (Fsp3) is 0.606. The van der Waals surface area contributed by atoms with E-state index in [0.29, 0.717) is 36.4 Å². The van der Waals surface area contributed by atoms with Gasteiger partial charge >= 0.3 is 5.97 Å². The molecule has 230 valence electrons. The van der Waals surface area contributed by atoms with E-state index in [0.717, 1.165) is 5.56 Å². The molecule has 4 rings (SSSR count). The SMILES string of the molecule is C=CCCCOC(=O)[C@@H]1[C@H]2C(=O)N([C@@H](CO)[C@@H](C)CC)C(C(=O)N(CC=C)c3c(C)cccc3Cl)C23CC(C)[C@@]1(C)O3. The number of aliphatic hydroxyl groups is 1. The number of carbonyl (C=O) groups excluding carboxylic acids is 3. The lowest BCUT2D eigenvalue weighted by atomic mass is 9.62. The third-order valence-electron chi connectivity index (χ3n) is 9.92. The number of unbranched alkanes of at least 4 members (excludes halogenated alkanes) is 1. The number of amides is 2. The van der Waals surface area contributed by atoms with Crippen LogP contribution in [0.15, 0.2) is 43.5 Å². The summed E-state index contributed by atoms with van der Waals surface area (Å²) in [6.45, 7) is 17.3. The van der Waals surface area contributed by atoms with Crippen LogP contribution in [-0.4, -0.2) is 70.8 Å². The highest BCUT2D eigenvalue weighted by atomic mass is 35.5. The van der Waals surface area contributed by atoms with Crippen molar-refractivity contribution < 1.29 is 29.0 Å². The van der Waals surface area contributed by atoms with E-state index in [1.54, 1.807) is 23.1 Å². The standard InChI is InChI=1S/C33H45ClN2O6/c1-8-11-12-17-41-31(40)26-25-29(38)36(24(19-37)20(4)10-3)28(33(25)18-22(6)32(26,7)42-33)30(39)35(16-9-2)27-21(5)14-13-15-23(27)34/h8-9,13-15,20,22,24-26,28,37H,1-2,10-12,16-19H2,3-7H3/t20-,22?,24-,25-,26-,28?,32+,33?/m0/s1. The summed E-state index contributed by atoms with van der Waals surface area (Å²) in [6.07, 6.45) is 5.80. The van der Waals surface area contributed by atoms with Crippen LogP contribution in [0.3, 0.4) is 0 Å². The van der Waals surface area contributed by atoms with E-state index in [9.17, 15) is 19.5 Å². The predicted molar refractivity (Wildman–Crippen MR) is 163 cm³/mol. The molecule has 0 radical (unpaired) electrons. The van der Waals surface area contributed by atoms with Crippen molar-refractivity contribution in [1.29, 1.82) is 0 Å². The second kappa shape index (κ2) is 12.5. The molecule has 1 spiro atoms. The molecule has 8 nitrogen and oxygen atoms in total.